The number of hydrogen-bond donors (Lipinski definition) is 1. The monoisotopic (exact) mass is 258 g/mol. The van der Waals surface area contributed by atoms with Gasteiger partial charge in [0.2, 0.25) is 5.89 Å². The molecule has 0 fully saturated rings. The first kappa shape index (κ1) is 12.2. The number of fused-ring (bicyclic) bond motifs is 1. The van der Waals surface area contributed by atoms with E-state index in [0.717, 1.165) is 37.0 Å². The number of nitrogens with one attached hydrogen (secondary N) is 1. The molecule has 2 aromatic rings. The molecule has 0 aliphatic carbocycles. The first-order valence-electron chi connectivity index (χ1n) is 6.62. The maximum atomic E-state index is 5.51. The Bertz CT molecular complexity index is 577. The van der Waals surface area contributed by atoms with Crippen LogP contribution in [0.2, 0.25) is 0 Å². The van der Waals surface area contributed by atoms with E-state index in [1.165, 1.54) is 11.1 Å². The van der Waals surface area contributed by atoms with Crippen LogP contribution in [-0.4, -0.2) is 11.6 Å². The topological polar surface area (TPSA) is 47.3 Å². The van der Waals surface area contributed by atoms with Crippen LogP contribution >= 0.6 is 0 Å². The predicted molar refractivity (Wildman–Crippen MR) is 72.1 cm³/mol. The van der Waals surface area contributed by atoms with Crippen LogP contribution in [-0.2, 0) is 13.0 Å². The molecule has 3 rings (SSSR count). The van der Waals surface area contributed by atoms with E-state index in [2.05, 4.69) is 35.4 Å². The van der Waals surface area contributed by atoms with E-state index in [1.807, 2.05) is 6.92 Å². The summed E-state index contributed by atoms with van der Waals surface area (Å²) in [6, 6.07) is 6.48. The Hall–Kier alpha value is -1.81. The molecule has 1 aromatic heterocycles. The van der Waals surface area contributed by atoms with Crippen molar-refractivity contribution in [3.05, 3.63) is 47.2 Å². The van der Waals surface area contributed by atoms with Gasteiger partial charge in [0.1, 0.15) is 11.5 Å². The minimum Gasteiger partial charge on any atom is -0.493 e. The van der Waals surface area contributed by atoms with Crippen LogP contribution in [0.1, 0.15) is 35.7 Å². The summed E-state index contributed by atoms with van der Waals surface area (Å²) in [6.07, 6.45) is 2.76. The third kappa shape index (κ3) is 2.63. The summed E-state index contributed by atoms with van der Waals surface area (Å²) in [7, 11) is 0. The number of rotatable bonds is 4. The van der Waals surface area contributed by atoms with Gasteiger partial charge in [-0.05, 0) is 31.0 Å². The fourth-order valence-corrected chi connectivity index (χ4v) is 2.28. The molecule has 1 unspecified atom stereocenters. The minimum atomic E-state index is 0.109. The molecule has 0 saturated heterocycles. The van der Waals surface area contributed by atoms with Crippen LogP contribution in [0.25, 0.3) is 0 Å². The van der Waals surface area contributed by atoms with Crippen molar-refractivity contribution in [1.29, 1.82) is 0 Å². The molecule has 0 bridgehead atoms. The lowest BCUT2D eigenvalue weighted by Crippen LogP contribution is -2.18. The lowest BCUT2D eigenvalue weighted by Gasteiger charge is -2.11. The lowest BCUT2D eigenvalue weighted by atomic mass is 10.1. The summed E-state index contributed by atoms with van der Waals surface area (Å²) in [5.41, 5.74) is 2.57. The molecule has 1 N–H and O–H groups in total. The number of ether oxygens (including phenoxy) is 1. The highest BCUT2D eigenvalue weighted by Crippen LogP contribution is 2.26. The zero-order valence-corrected chi connectivity index (χ0v) is 11.3. The maximum Gasteiger partial charge on any atom is 0.211 e. The van der Waals surface area contributed by atoms with Gasteiger partial charge in [0.25, 0.3) is 0 Å². The van der Waals surface area contributed by atoms with E-state index in [0.29, 0.717) is 0 Å². The quantitative estimate of drug-likeness (QED) is 0.916. The molecule has 0 spiro atoms. The van der Waals surface area contributed by atoms with Crippen molar-refractivity contribution in [2.75, 3.05) is 6.61 Å². The van der Waals surface area contributed by atoms with Gasteiger partial charge >= 0.3 is 0 Å². The number of benzene rings is 1. The van der Waals surface area contributed by atoms with Gasteiger partial charge in [0.05, 0.1) is 18.8 Å². The van der Waals surface area contributed by atoms with E-state index >= 15 is 0 Å². The van der Waals surface area contributed by atoms with E-state index in [-0.39, 0.29) is 6.04 Å². The Kier molecular flexibility index (Phi) is 3.25. The lowest BCUT2D eigenvalue weighted by molar-refractivity contribution is 0.356. The van der Waals surface area contributed by atoms with E-state index < -0.39 is 0 Å². The molecule has 0 amide bonds. The first-order valence-corrected chi connectivity index (χ1v) is 6.62. The molecule has 4 nitrogen and oxygen atoms in total. The van der Waals surface area contributed by atoms with E-state index in [9.17, 15) is 0 Å². The standard InChI is InChI=1S/C15H18N2O2/c1-10-8-17-15(19-10)11(2)16-9-12-3-4-14-13(7-12)5-6-18-14/h3-4,7-8,11,16H,5-6,9H2,1-2H3. The average molecular weight is 258 g/mol. The summed E-state index contributed by atoms with van der Waals surface area (Å²) in [4.78, 5) is 4.24. The Morgan fingerprint density at radius 2 is 2.32 bits per heavy atom. The van der Waals surface area contributed by atoms with Gasteiger partial charge in [-0.1, -0.05) is 12.1 Å². The third-order valence-electron chi connectivity index (χ3n) is 3.38. The predicted octanol–water partition coefficient (Wildman–Crippen LogP) is 2.77. The van der Waals surface area contributed by atoms with Crippen molar-refractivity contribution >= 4 is 0 Å². The summed E-state index contributed by atoms with van der Waals surface area (Å²) in [5, 5.41) is 3.42. The number of aryl methyl sites for hydroxylation is 1. The van der Waals surface area contributed by atoms with Crippen LogP contribution in [0.3, 0.4) is 0 Å². The zero-order chi connectivity index (χ0) is 13.2. The van der Waals surface area contributed by atoms with Gasteiger partial charge in [-0.3, -0.25) is 0 Å². The summed E-state index contributed by atoms with van der Waals surface area (Å²) in [5.74, 6) is 2.61. The van der Waals surface area contributed by atoms with Gasteiger partial charge in [0, 0.05) is 13.0 Å². The van der Waals surface area contributed by atoms with Crippen LogP contribution in [0.4, 0.5) is 0 Å². The molecule has 100 valence electrons. The second kappa shape index (κ2) is 5.05. The molecule has 1 aliphatic heterocycles. The zero-order valence-electron chi connectivity index (χ0n) is 11.3. The maximum absolute atomic E-state index is 5.51. The van der Waals surface area contributed by atoms with Gasteiger partial charge in [0.15, 0.2) is 0 Å². The molecule has 2 heterocycles. The van der Waals surface area contributed by atoms with E-state index in [1.54, 1.807) is 6.20 Å². The van der Waals surface area contributed by atoms with E-state index in [4.69, 9.17) is 9.15 Å². The average Bonchev–Trinajstić information content (AvgIpc) is 3.03. The van der Waals surface area contributed by atoms with Crippen LogP contribution in [0, 0.1) is 6.92 Å². The smallest absolute Gasteiger partial charge is 0.211 e. The molecular formula is C15H18N2O2. The fourth-order valence-electron chi connectivity index (χ4n) is 2.28. The minimum absolute atomic E-state index is 0.109. The Labute approximate surface area is 112 Å². The number of hydrogen-bond acceptors (Lipinski definition) is 4. The molecule has 1 aliphatic rings. The van der Waals surface area contributed by atoms with Crippen molar-refractivity contribution in [2.24, 2.45) is 0 Å². The molecular weight excluding hydrogens is 240 g/mol. The largest absolute Gasteiger partial charge is 0.493 e. The molecule has 19 heavy (non-hydrogen) atoms. The van der Waals surface area contributed by atoms with Crippen molar-refractivity contribution in [1.82, 2.24) is 10.3 Å². The number of aromatic nitrogens is 1. The van der Waals surface area contributed by atoms with Crippen LogP contribution < -0.4 is 10.1 Å². The normalized spacial score (nSPS) is 15.1. The van der Waals surface area contributed by atoms with Gasteiger partial charge in [-0.2, -0.15) is 0 Å². The SMILES string of the molecule is Cc1cnc(C(C)NCc2ccc3c(c2)CCO3)o1. The van der Waals surface area contributed by atoms with Crippen molar-refractivity contribution in [3.8, 4) is 5.75 Å². The van der Waals surface area contributed by atoms with Gasteiger partial charge < -0.3 is 14.5 Å². The second-order valence-electron chi connectivity index (χ2n) is 4.95. The van der Waals surface area contributed by atoms with Crippen molar-refractivity contribution in [3.63, 3.8) is 0 Å². The number of nitrogens with zero attached hydrogens (tertiary/aromatic N) is 1. The molecule has 0 radical (unpaired) electrons. The summed E-state index contributed by atoms with van der Waals surface area (Å²) < 4.78 is 11.0. The fraction of sp³-hybridized carbons (Fsp3) is 0.400. The van der Waals surface area contributed by atoms with Crippen molar-refractivity contribution < 1.29 is 9.15 Å². The highest BCUT2D eigenvalue weighted by atomic mass is 16.5. The highest BCUT2D eigenvalue weighted by molar-refractivity contribution is 5.39. The number of oxazole rings is 1. The van der Waals surface area contributed by atoms with Crippen LogP contribution in [0.5, 0.6) is 5.75 Å². The molecule has 1 atom stereocenters. The van der Waals surface area contributed by atoms with Gasteiger partial charge in [-0.25, -0.2) is 4.98 Å². The Balaban J connectivity index is 1.63. The van der Waals surface area contributed by atoms with Crippen LogP contribution in [0.15, 0.2) is 28.8 Å². The Morgan fingerprint density at radius 3 is 3.11 bits per heavy atom. The van der Waals surface area contributed by atoms with Gasteiger partial charge in [-0.15, -0.1) is 0 Å². The summed E-state index contributed by atoms with van der Waals surface area (Å²) in [6.45, 7) is 5.57. The molecule has 4 heteroatoms. The highest BCUT2D eigenvalue weighted by Gasteiger charge is 2.13. The molecule has 0 saturated carbocycles. The molecule has 1 aromatic carbocycles. The third-order valence-corrected chi connectivity index (χ3v) is 3.38. The Morgan fingerprint density at radius 1 is 1.42 bits per heavy atom. The second-order valence-corrected chi connectivity index (χ2v) is 4.95. The van der Waals surface area contributed by atoms with Crippen molar-refractivity contribution in [2.45, 2.75) is 32.9 Å². The first-order chi connectivity index (χ1) is 9.22. The summed E-state index contributed by atoms with van der Waals surface area (Å²) >= 11 is 0.